The summed E-state index contributed by atoms with van der Waals surface area (Å²) in [5, 5.41) is 5.24. The van der Waals surface area contributed by atoms with Crippen LogP contribution in [0.4, 0.5) is 0 Å². The van der Waals surface area contributed by atoms with Gasteiger partial charge in [-0.05, 0) is 49.4 Å². The molecule has 0 bridgehead atoms. The maximum Gasteiger partial charge on any atom is 0.0589 e. The van der Waals surface area contributed by atoms with Crippen molar-refractivity contribution in [3.05, 3.63) is 62.9 Å². The third-order valence-electron chi connectivity index (χ3n) is 2.89. The molecule has 2 aromatic rings. The van der Waals surface area contributed by atoms with E-state index in [0.29, 0.717) is 21.5 Å². The van der Waals surface area contributed by atoms with E-state index in [1.165, 1.54) is 0 Å². The number of benzene rings is 1. The molecule has 0 aliphatic heterocycles. The van der Waals surface area contributed by atoms with Crippen molar-refractivity contribution < 1.29 is 0 Å². The summed E-state index contributed by atoms with van der Waals surface area (Å²) in [5.41, 5.74) is 1.91. The summed E-state index contributed by atoms with van der Waals surface area (Å²) in [7, 11) is 1.89. The molecule has 0 fully saturated rings. The van der Waals surface area contributed by atoms with E-state index in [2.05, 4.69) is 10.3 Å². The van der Waals surface area contributed by atoms with Crippen molar-refractivity contribution in [3.8, 4) is 0 Å². The molecule has 0 saturated carbocycles. The number of rotatable bonds is 4. The van der Waals surface area contributed by atoms with Crippen molar-refractivity contribution in [2.75, 3.05) is 7.05 Å². The summed E-state index contributed by atoms with van der Waals surface area (Å²) < 4.78 is 0. The molecule has 0 aliphatic rings. The fourth-order valence-corrected chi connectivity index (χ4v) is 2.37. The molecule has 19 heavy (non-hydrogen) atoms. The van der Waals surface area contributed by atoms with Gasteiger partial charge in [0.1, 0.15) is 0 Å². The van der Waals surface area contributed by atoms with Crippen molar-refractivity contribution in [3.63, 3.8) is 0 Å². The molecule has 1 unspecified atom stereocenters. The molecular formula is C14H13Cl3N2. The second kappa shape index (κ2) is 6.58. The van der Waals surface area contributed by atoms with Crippen molar-refractivity contribution in [2.24, 2.45) is 0 Å². The van der Waals surface area contributed by atoms with Gasteiger partial charge in [-0.15, -0.1) is 0 Å². The third-order valence-corrected chi connectivity index (χ3v) is 3.71. The van der Waals surface area contributed by atoms with Crippen LogP contribution in [0.1, 0.15) is 17.3 Å². The standard InChI is InChI=1S/C14H13Cl3N2/c1-18-14(13-5-3-11(16)8-19-13)7-9-6-10(15)2-4-12(9)17/h2-6,8,14,18H,7H2,1H3. The molecule has 0 saturated heterocycles. The molecule has 1 atom stereocenters. The molecule has 1 heterocycles. The third kappa shape index (κ3) is 3.83. The molecule has 0 spiro atoms. The van der Waals surface area contributed by atoms with Gasteiger partial charge in [-0.1, -0.05) is 34.8 Å². The lowest BCUT2D eigenvalue weighted by atomic mass is 10.0. The fraction of sp³-hybridized carbons (Fsp3) is 0.214. The summed E-state index contributed by atoms with van der Waals surface area (Å²) in [6, 6.07) is 9.26. The van der Waals surface area contributed by atoms with Crippen LogP contribution in [0.25, 0.3) is 0 Å². The van der Waals surface area contributed by atoms with Crippen LogP contribution in [0, 0.1) is 0 Å². The van der Waals surface area contributed by atoms with E-state index in [0.717, 1.165) is 11.3 Å². The highest BCUT2D eigenvalue weighted by molar-refractivity contribution is 6.33. The highest BCUT2D eigenvalue weighted by Gasteiger charge is 2.13. The highest BCUT2D eigenvalue weighted by Crippen LogP contribution is 2.25. The number of pyridine rings is 1. The number of nitrogens with zero attached hydrogens (tertiary/aromatic N) is 1. The van der Waals surface area contributed by atoms with Crippen molar-refractivity contribution in [2.45, 2.75) is 12.5 Å². The maximum atomic E-state index is 6.18. The SMILES string of the molecule is CNC(Cc1cc(Cl)ccc1Cl)c1ccc(Cl)cn1. The Balaban J connectivity index is 2.23. The Labute approximate surface area is 127 Å². The van der Waals surface area contributed by atoms with Crippen LogP contribution in [0.5, 0.6) is 0 Å². The Morgan fingerprint density at radius 1 is 1.11 bits per heavy atom. The zero-order valence-corrected chi connectivity index (χ0v) is 12.6. The summed E-state index contributed by atoms with van der Waals surface area (Å²) in [5.74, 6) is 0. The Kier molecular flexibility index (Phi) is 5.06. The number of halogens is 3. The zero-order chi connectivity index (χ0) is 13.8. The van der Waals surface area contributed by atoms with Crippen molar-refractivity contribution in [1.29, 1.82) is 0 Å². The molecule has 1 aromatic heterocycles. The van der Waals surface area contributed by atoms with Crippen molar-refractivity contribution >= 4 is 34.8 Å². The lowest BCUT2D eigenvalue weighted by molar-refractivity contribution is 0.576. The molecular weight excluding hydrogens is 303 g/mol. The minimum atomic E-state index is 0.0632. The largest absolute Gasteiger partial charge is 0.311 e. The van der Waals surface area contributed by atoms with E-state index in [4.69, 9.17) is 34.8 Å². The van der Waals surface area contributed by atoms with Crippen LogP contribution in [0.3, 0.4) is 0 Å². The minimum absolute atomic E-state index is 0.0632. The van der Waals surface area contributed by atoms with Gasteiger partial charge in [-0.25, -0.2) is 0 Å². The fourth-order valence-electron chi connectivity index (χ4n) is 1.87. The minimum Gasteiger partial charge on any atom is -0.311 e. The number of hydrogen-bond donors (Lipinski definition) is 1. The van der Waals surface area contributed by atoms with Gasteiger partial charge in [-0.2, -0.15) is 0 Å². The zero-order valence-electron chi connectivity index (χ0n) is 10.3. The summed E-state index contributed by atoms with van der Waals surface area (Å²) in [4.78, 5) is 4.33. The van der Waals surface area contributed by atoms with E-state index >= 15 is 0 Å². The average Bonchev–Trinajstić information content (AvgIpc) is 2.41. The first kappa shape index (κ1) is 14.6. The van der Waals surface area contributed by atoms with Gasteiger partial charge in [0.2, 0.25) is 0 Å². The van der Waals surface area contributed by atoms with E-state index in [-0.39, 0.29) is 6.04 Å². The predicted molar refractivity (Wildman–Crippen MR) is 81.2 cm³/mol. The number of likely N-dealkylation sites (N-methyl/N-ethyl adjacent to an activating group) is 1. The second-order valence-electron chi connectivity index (χ2n) is 4.18. The normalized spacial score (nSPS) is 12.4. The van der Waals surface area contributed by atoms with Crippen LogP contribution in [-0.4, -0.2) is 12.0 Å². The van der Waals surface area contributed by atoms with Crippen LogP contribution < -0.4 is 5.32 Å². The molecule has 5 heteroatoms. The van der Waals surface area contributed by atoms with Gasteiger partial charge in [0.05, 0.1) is 16.8 Å². The van der Waals surface area contributed by atoms with E-state index in [1.807, 2.05) is 25.2 Å². The molecule has 1 aromatic carbocycles. The molecule has 0 aliphatic carbocycles. The van der Waals surface area contributed by atoms with Gasteiger partial charge in [0, 0.05) is 16.2 Å². The Hall–Kier alpha value is -0.800. The molecule has 0 amide bonds. The Morgan fingerprint density at radius 3 is 2.47 bits per heavy atom. The summed E-state index contributed by atoms with van der Waals surface area (Å²) in [6.45, 7) is 0. The molecule has 1 N–H and O–H groups in total. The Bertz CT molecular complexity index is 555. The first-order valence-corrected chi connectivity index (χ1v) is 6.96. The number of aromatic nitrogens is 1. The van der Waals surface area contributed by atoms with E-state index in [1.54, 1.807) is 18.3 Å². The lowest BCUT2D eigenvalue weighted by Crippen LogP contribution is -2.20. The quantitative estimate of drug-likeness (QED) is 0.895. The number of hydrogen-bond acceptors (Lipinski definition) is 2. The maximum absolute atomic E-state index is 6.18. The second-order valence-corrected chi connectivity index (χ2v) is 5.46. The molecule has 0 radical (unpaired) electrons. The first-order chi connectivity index (χ1) is 9.10. The van der Waals surface area contributed by atoms with Crippen molar-refractivity contribution in [1.82, 2.24) is 10.3 Å². The first-order valence-electron chi connectivity index (χ1n) is 5.83. The van der Waals surface area contributed by atoms with Gasteiger partial charge >= 0.3 is 0 Å². The number of nitrogens with one attached hydrogen (secondary N) is 1. The van der Waals surface area contributed by atoms with Crippen LogP contribution in [0.2, 0.25) is 15.1 Å². The predicted octanol–water partition coefficient (Wildman–Crippen LogP) is 4.55. The van der Waals surface area contributed by atoms with Gasteiger partial charge in [0.25, 0.3) is 0 Å². The van der Waals surface area contributed by atoms with Gasteiger partial charge in [-0.3, -0.25) is 4.98 Å². The van der Waals surface area contributed by atoms with Crippen LogP contribution in [-0.2, 0) is 6.42 Å². The van der Waals surface area contributed by atoms with Crippen LogP contribution >= 0.6 is 34.8 Å². The summed E-state index contributed by atoms with van der Waals surface area (Å²) >= 11 is 18.0. The Morgan fingerprint density at radius 2 is 1.84 bits per heavy atom. The van der Waals surface area contributed by atoms with Crippen LogP contribution in [0.15, 0.2) is 36.5 Å². The smallest absolute Gasteiger partial charge is 0.0589 e. The molecule has 100 valence electrons. The van der Waals surface area contributed by atoms with Gasteiger partial charge in [0.15, 0.2) is 0 Å². The summed E-state index contributed by atoms with van der Waals surface area (Å²) in [6.07, 6.45) is 2.35. The topological polar surface area (TPSA) is 24.9 Å². The molecule has 2 nitrogen and oxygen atoms in total. The highest BCUT2D eigenvalue weighted by atomic mass is 35.5. The lowest BCUT2D eigenvalue weighted by Gasteiger charge is -2.16. The van der Waals surface area contributed by atoms with E-state index in [9.17, 15) is 0 Å². The monoisotopic (exact) mass is 314 g/mol. The molecule has 2 rings (SSSR count). The van der Waals surface area contributed by atoms with Gasteiger partial charge < -0.3 is 5.32 Å². The van der Waals surface area contributed by atoms with E-state index < -0.39 is 0 Å². The average molecular weight is 316 g/mol.